The minimum absolute atomic E-state index is 0.0116. The highest BCUT2D eigenvalue weighted by Gasteiger charge is 2.29. The van der Waals surface area contributed by atoms with Crippen LogP contribution < -0.4 is 16.0 Å². The highest BCUT2D eigenvalue weighted by Crippen LogP contribution is 2.44. The zero-order valence-electron chi connectivity index (χ0n) is 33.2. The van der Waals surface area contributed by atoms with E-state index >= 15 is 0 Å². The van der Waals surface area contributed by atoms with E-state index in [4.69, 9.17) is 33.2 Å². The summed E-state index contributed by atoms with van der Waals surface area (Å²) in [6.45, 7) is 14.6. The van der Waals surface area contributed by atoms with Crippen molar-refractivity contribution in [3.8, 4) is 11.1 Å². The summed E-state index contributed by atoms with van der Waals surface area (Å²) in [6.07, 6.45) is -1.52. The van der Waals surface area contributed by atoms with Crippen molar-refractivity contribution in [3.05, 3.63) is 59.7 Å². The Hall–Kier alpha value is -4.44. The average Bonchev–Trinajstić information content (AvgIpc) is 3.43. The van der Waals surface area contributed by atoms with Gasteiger partial charge in [-0.05, 0) is 63.8 Å². The second kappa shape index (κ2) is 23.5. The molecule has 55 heavy (non-hydrogen) atoms. The van der Waals surface area contributed by atoms with Crippen molar-refractivity contribution in [1.82, 2.24) is 20.9 Å². The summed E-state index contributed by atoms with van der Waals surface area (Å²) in [5.74, 6) is -0.181. The minimum atomic E-state index is -0.641. The fourth-order valence-electron chi connectivity index (χ4n) is 5.53. The van der Waals surface area contributed by atoms with E-state index in [0.29, 0.717) is 52.8 Å². The molecule has 0 bridgehead atoms. The zero-order chi connectivity index (χ0) is 40.1. The van der Waals surface area contributed by atoms with Gasteiger partial charge < -0.3 is 54.0 Å². The molecule has 0 saturated carbocycles. The van der Waals surface area contributed by atoms with E-state index in [2.05, 4.69) is 40.2 Å². The Balaban J connectivity index is 1.17. The molecule has 3 N–H and O–H groups in total. The van der Waals surface area contributed by atoms with Crippen LogP contribution in [0, 0.1) is 0 Å². The summed E-state index contributed by atoms with van der Waals surface area (Å²) in [5.41, 5.74) is 3.42. The van der Waals surface area contributed by atoms with Gasteiger partial charge >= 0.3 is 18.3 Å². The van der Waals surface area contributed by atoms with Gasteiger partial charge in [0.2, 0.25) is 5.91 Å². The number of nitrogens with one attached hydrogen (secondary N) is 3. The Kier molecular flexibility index (Phi) is 19.2. The van der Waals surface area contributed by atoms with E-state index < -0.39 is 29.5 Å². The predicted octanol–water partition coefficient (Wildman–Crippen LogP) is 4.86. The number of carbonyl (C=O) groups is 4. The van der Waals surface area contributed by atoms with Crippen molar-refractivity contribution in [2.75, 3.05) is 92.2 Å². The standard InChI is InChI=1S/C40H60N4O11/c1-39(2,3)54-37(47)41-16-19-44(20-17-42-38(48)55-40(4,5)6)35(45)15-21-49-23-25-51-27-28-52-26-24-50-22-18-43-36(46)53-29-34-32-13-9-7-11-30(32)31-12-8-10-14-33(31)34/h7-14,34H,15-29H2,1-6H3,(H,41,47)(H,42,48)(H,43,46). The van der Waals surface area contributed by atoms with Crippen molar-refractivity contribution in [3.63, 3.8) is 0 Å². The molecule has 0 spiro atoms. The molecule has 0 aromatic heterocycles. The van der Waals surface area contributed by atoms with Crippen molar-refractivity contribution >= 4 is 24.2 Å². The van der Waals surface area contributed by atoms with Crippen molar-refractivity contribution in [2.24, 2.45) is 0 Å². The van der Waals surface area contributed by atoms with Crippen LogP contribution in [0.1, 0.15) is 65.0 Å². The predicted molar refractivity (Wildman–Crippen MR) is 206 cm³/mol. The topological polar surface area (TPSA) is 172 Å². The number of amides is 4. The first-order valence-electron chi connectivity index (χ1n) is 18.8. The summed E-state index contributed by atoms with van der Waals surface area (Å²) in [7, 11) is 0. The van der Waals surface area contributed by atoms with Gasteiger partial charge in [-0.15, -0.1) is 0 Å². The lowest BCUT2D eigenvalue weighted by Crippen LogP contribution is -2.44. The van der Waals surface area contributed by atoms with Gasteiger partial charge in [0, 0.05) is 38.6 Å². The maximum atomic E-state index is 12.9. The smallest absolute Gasteiger partial charge is 0.407 e. The van der Waals surface area contributed by atoms with Crippen LogP contribution in [-0.2, 0) is 38.0 Å². The summed E-state index contributed by atoms with van der Waals surface area (Å²) in [5, 5.41) is 8.01. The molecule has 306 valence electrons. The number of hydrogen-bond acceptors (Lipinski definition) is 11. The lowest BCUT2D eigenvalue weighted by atomic mass is 9.98. The molecule has 15 heteroatoms. The Morgan fingerprint density at radius 1 is 0.564 bits per heavy atom. The van der Waals surface area contributed by atoms with Gasteiger partial charge in [0.1, 0.15) is 17.8 Å². The number of alkyl carbamates (subject to hydrolysis) is 3. The Labute approximate surface area is 325 Å². The molecule has 0 aliphatic heterocycles. The summed E-state index contributed by atoms with van der Waals surface area (Å²) >= 11 is 0. The monoisotopic (exact) mass is 772 g/mol. The van der Waals surface area contributed by atoms with E-state index in [9.17, 15) is 19.2 Å². The maximum absolute atomic E-state index is 12.9. The second-order valence-corrected chi connectivity index (χ2v) is 14.7. The fourth-order valence-corrected chi connectivity index (χ4v) is 5.53. The van der Waals surface area contributed by atoms with E-state index in [0.717, 1.165) is 0 Å². The van der Waals surface area contributed by atoms with Crippen molar-refractivity contribution < 1.29 is 52.3 Å². The van der Waals surface area contributed by atoms with Crippen LogP contribution in [0.15, 0.2) is 48.5 Å². The SMILES string of the molecule is CC(C)(C)OC(=O)NCCN(CCNC(=O)OC(C)(C)C)C(=O)CCOCCOCCOCCOCCNC(=O)OCC1c2ccccc2-c2ccccc21. The van der Waals surface area contributed by atoms with Crippen LogP contribution in [0.4, 0.5) is 14.4 Å². The van der Waals surface area contributed by atoms with Gasteiger partial charge in [0.05, 0.1) is 59.3 Å². The van der Waals surface area contributed by atoms with Crippen LogP contribution in [0.2, 0.25) is 0 Å². The molecule has 0 fully saturated rings. The van der Waals surface area contributed by atoms with E-state index in [1.165, 1.54) is 27.2 Å². The molecule has 1 aliphatic rings. The number of nitrogens with zero attached hydrogens (tertiary/aromatic N) is 1. The third-order valence-corrected chi connectivity index (χ3v) is 7.89. The van der Waals surface area contributed by atoms with Gasteiger partial charge in [0.15, 0.2) is 0 Å². The van der Waals surface area contributed by atoms with Gasteiger partial charge in [-0.1, -0.05) is 48.5 Å². The summed E-state index contributed by atoms with van der Waals surface area (Å²) < 4.78 is 38.2. The largest absolute Gasteiger partial charge is 0.449 e. The van der Waals surface area contributed by atoms with Gasteiger partial charge in [0.25, 0.3) is 0 Å². The van der Waals surface area contributed by atoms with Crippen LogP contribution in [0.3, 0.4) is 0 Å². The van der Waals surface area contributed by atoms with Gasteiger partial charge in [-0.3, -0.25) is 4.79 Å². The average molecular weight is 773 g/mol. The molecule has 3 rings (SSSR count). The molecule has 1 aliphatic carbocycles. The number of hydrogen-bond donors (Lipinski definition) is 3. The molecule has 15 nitrogen and oxygen atoms in total. The molecule has 0 radical (unpaired) electrons. The minimum Gasteiger partial charge on any atom is -0.449 e. The fraction of sp³-hybridized carbons (Fsp3) is 0.600. The molecule has 2 aromatic rings. The van der Waals surface area contributed by atoms with Crippen molar-refractivity contribution in [2.45, 2.75) is 65.1 Å². The molecular formula is C40H60N4O11. The Morgan fingerprint density at radius 3 is 1.45 bits per heavy atom. The van der Waals surface area contributed by atoms with Crippen LogP contribution >= 0.6 is 0 Å². The number of benzene rings is 2. The molecule has 0 heterocycles. The maximum Gasteiger partial charge on any atom is 0.407 e. The molecule has 0 unspecified atom stereocenters. The Bertz CT molecular complexity index is 1410. The second-order valence-electron chi connectivity index (χ2n) is 14.7. The molecular weight excluding hydrogens is 712 g/mol. The quantitative estimate of drug-likeness (QED) is 0.104. The Morgan fingerprint density at radius 2 is 0.982 bits per heavy atom. The molecule has 0 atom stereocenters. The van der Waals surface area contributed by atoms with Crippen LogP contribution in [0.5, 0.6) is 0 Å². The number of fused-ring (bicyclic) bond motifs is 3. The normalized spacial score (nSPS) is 12.3. The first-order valence-corrected chi connectivity index (χ1v) is 18.8. The summed E-state index contributed by atoms with van der Waals surface area (Å²) in [6, 6.07) is 16.4. The zero-order valence-corrected chi connectivity index (χ0v) is 33.2. The van der Waals surface area contributed by atoms with E-state index in [1.807, 2.05) is 24.3 Å². The highest BCUT2D eigenvalue weighted by atomic mass is 16.6. The van der Waals surface area contributed by atoms with Crippen LogP contribution in [-0.4, -0.2) is 132 Å². The molecule has 2 aromatic carbocycles. The first-order chi connectivity index (χ1) is 26.2. The van der Waals surface area contributed by atoms with Gasteiger partial charge in [-0.25, -0.2) is 14.4 Å². The number of ether oxygens (including phenoxy) is 7. The van der Waals surface area contributed by atoms with E-state index in [-0.39, 0.29) is 57.6 Å². The summed E-state index contributed by atoms with van der Waals surface area (Å²) in [4.78, 5) is 50.8. The molecule has 4 amide bonds. The third-order valence-electron chi connectivity index (χ3n) is 7.89. The van der Waals surface area contributed by atoms with Crippen LogP contribution in [0.25, 0.3) is 11.1 Å². The lowest BCUT2D eigenvalue weighted by molar-refractivity contribution is -0.132. The number of carbonyl (C=O) groups excluding carboxylic acids is 4. The van der Waals surface area contributed by atoms with E-state index in [1.54, 1.807) is 41.5 Å². The van der Waals surface area contributed by atoms with Gasteiger partial charge in [-0.2, -0.15) is 0 Å². The molecule has 0 saturated heterocycles. The lowest BCUT2D eigenvalue weighted by Gasteiger charge is -2.25. The number of rotatable bonds is 23. The third kappa shape index (κ3) is 18.2. The first kappa shape index (κ1) is 45.0. The van der Waals surface area contributed by atoms with Crippen molar-refractivity contribution in [1.29, 1.82) is 0 Å². The highest BCUT2D eigenvalue weighted by molar-refractivity contribution is 5.79.